The molecule has 1 heterocycles. The Morgan fingerprint density at radius 1 is 1.25 bits per heavy atom. The summed E-state index contributed by atoms with van der Waals surface area (Å²) in [5, 5.41) is 3.73. The van der Waals surface area contributed by atoms with E-state index >= 15 is 0 Å². The number of para-hydroxylation sites is 1. The Morgan fingerprint density at radius 2 is 1.92 bits per heavy atom. The first-order chi connectivity index (χ1) is 11.3. The van der Waals surface area contributed by atoms with Crippen LogP contribution in [0.3, 0.4) is 0 Å². The standard InChI is InChI=1S/C16H21N3O4S/c1-4-18(14-8-6-5-7-9-14)16(20)10-11-19(24(3,21)22)15-12-13(2)23-17-15/h5-9,12H,4,10-11H2,1-3H3. The number of amides is 1. The van der Waals surface area contributed by atoms with Crippen LogP contribution in [-0.4, -0.2) is 38.8 Å². The van der Waals surface area contributed by atoms with Crippen LogP contribution in [0.5, 0.6) is 0 Å². The number of anilines is 2. The van der Waals surface area contributed by atoms with Crippen LogP contribution < -0.4 is 9.21 Å². The van der Waals surface area contributed by atoms with Crippen molar-refractivity contribution in [1.29, 1.82) is 0 Å². The minimum atomic E-state index is -3.56. The van der Waals surface area contributed by atoms with Gasteiger partial charge in [-0.05, 0) is 26.0 Å². The Bertz CT molecular complexity index is 787. The second kappa shape index (κ2) is 7.48. The lowest BCUT2D eigenvalue weighted by Crippen LogP contribution is -2.37. The summed E-state index contributed by atoms with van der Waals surface area (Å²) in [6.45, 7) is 4.06. The van der Waals surface area contributed by atoms with Crippen LogP contribution in [0, 0.1) is 6.92 Å². The van der Waals surface area contributed by atoms with Gasteiger partial charge in [-0.25, -0.2) is 8.42 Å². The predicted octanol–water partition coefficient (Wildman–Crippen LogP) is 2.19. The van der Waals surface area contributed by atoms with Crippen molar-refractivity contribution in [3.05, 3.63) is 42.2 Å². The van der Waals surface area contributed by atoms with E-state index in [1.54, 1.807) is 11.8 Å². The first kappa shape index (κ1) is 18.0. The molecule has 24 heavy (non-hydrogen) atoms. The first-order valence-electron chi connectivity index (χ1n) is 7.59. The third kappa shape index (κ3) is 4.35. The van der Waals surface area contributed by atoms with Crippen LogP contribution in [0.25, 0.3) is 0 Å². The van der Waals surface area contributed by atoms with Crippen molar-refractivity contribution in [2.75, 3.05) is 28.6 Å². The van der Waals surface area contributed by atoms with Gasteiger partial charge in [0.15, 0.2) is 5.82 Å². The predicted molar refractivity (Wildman–Crippen MR) is 92.5 cm³/mol. The first-order valence-corrected chi connectivity index (χ1v) is 9.44. The van der Waals surface area contributed by atoms with Gasteiger partial charge in [-0.2, -0.15) is 0 Å². The Kier molecular flexibility index (Phi) is 5.61. The van der Waals surface area contributed by atoms with Crippen molar-refractivity contribution >= 4 is 27.4 Å². The quantitative estimate of drug-likeness (QED) is 0.763. The second-order valence-electron chi connectivity index (χ2n) is 5.35. The van der Waals surface area contributed by atoms with Gasteiger partial charge in [0.1, 0.15) is 5.76 Å². The van der Waals surface area contributed by atoms with Crippen molar-refractivity contribution in [3.8, 4) is 0 Å². The molecule has 0 aliphatic carbocycles. The Balaban J connectivity index is 2.12. The molecular formula is C16H21N3O4S. The molecule has 0 aliphatic rings. The van der Waals surface area contributed by atoms with E-state index in [4.69, 9.17) is 4.52 Å². The molecule has 0 bridgehead atoms. The van der Waals surface area contributed by atoms with E-state index in [1.165, 1.54) is 6.07 Å². The molecule has 1 amide bonds. The summed E-state index contributed by atoms with van der Waals surface area (Å²) in [7, 11) is -3.56. The SMILES string of the molecule is CCN(C(=O)CCN(c1cc(C)on1)S(C)(=O)=O)c1ccccc1. The van der Waals surface area contributed by atoms with E-state index in [1.807, 2.05) is 37.3 Å². The molecule has 0 aliphatic heterocycles. The van der Waals surface area contributed by atoms with Gasteiger partial charge in [0.05, 0.1) is 6.26 Å². The Morgan fingerprint density at radius 3 is 2.42 bits per heavy atom. The number of rotatable bonds is 7. The minimum Gasteiger partial charge on any atom is -0.360 e. The van der Waals surface area contributed by atoms with Crippen LogP contribution in [-0.2, 0) is 14.8 Å². The summed E-state index contributed by atoms with van der Waals surface area (Å²) in [4.78, 5) is 14.1. The summed E-state index contributed by atoms with van der Waals surface area (Å²) in [5.74, 6) is 0.535. The highest BCUT2D eigenvalue weighted by Crippen LogP contribution is 2.19. The van der Waals surface area contributed by atoms with Gasteiger partial charge in [0, 0.05) is 31.3 Å². The van der Waals surface area contributed by atoms with Gasteiger partial charge in [0.2, 0.25) is 15.9 Å². The number of hydrogen-bond donors (Lipinski definition) is 0. The number of carbonyl (C=O) groups excluding carboxylic acids is 1. The summed E-state index contributed by atoms with van der Waals surface area (Å²) in [5.41, 5.74) is 0.785. The zero-order chi connectivity index (χ0) is 17.7. The highest BCUT2D eigenvalue weighted by molar-refractivity contribution is 7.92. The Labute approximate surface area is 141 Å². The normalized spacial score (nSPS) is 11.3. The van der Waals surface area contributed by atoms with Gasteiger partial charge in [0.25, 0.3) is 0 Å². The zero-order valence-electron chi connectivity index (χ0n) is 14.0. The van der Waals surface area contributed by atoms with Crippen LogP contribution in [0.4, 0.5) is 11.5 Å². The van der Waals surface area contributed by atoms with Crippen molar-refractivity contribution in [2.24, 2.45) is 0 Å². The summed E-state index contributed by atoms with van der Waals surface area (Å²) >= 11 is 0. The number of sulfonamides is 1. The molecule has 2 aromatic rings. The van der Waals surface area contributed by atoms with E-state index < -0.39 is 10.0 Å². The minimum absolute atomic E-state index is 0.00692. The molecule has 0 unspecified atom stereocenters. The molecule has 0 N–H and O–H groups in total. The lowest BCUT2D eigenvalue weighted by molar-refractivity contribution is -0.118. The molecule has 7 nitrogen and oxygen atoms in total. The third-order valence-electron chi connectivity index (χ3n) is 3.49. The third-order valence-corrected chi connectivity index (χ3v) is 4.66. The number of nitrogens with zero attached hydrogens (tertiary/aromatic N) is 3. The number of hydrogen-bond acceptors (Lipinski definition) is 5. The molecule has 0 saturated heterocycles. The summed E-state index contributed by atoms with van der Waals surface area (Å²) < 4.78 is 30.0. The van der Waals surface area contributed by atoms with Crippen LogP contribution >= 0.6 is 0 Å². The van der Waals surface area contributed by atoms with Gasteiger partial charge >= 0.3 is 0 Å². The average molecular weight is 351 g/mol. The van der Waals surface area contributed by atoms with Gasteiger partial charge in [-0.1, -0.05) is 23.4 Å². The molecule has 1 aromatic carbocycles. The molecule has 0 atom stereocenters. The molecule has 1 aromatic heterocycles. The maximum atomic E-state index is 12.5. The van der Waals surface area contributed by atoms with Crippen LogP contribution in [0.2, 0.25) is 0 Å². The van der Waals surface area contributed by atoms with Crippen LogP contribution in [0.15, 0.2) is 40.9 Å². The molecule has 130 valence electrons. The smallest absolute Gasteiger partial charge is 0.233 e. The molecule has 0 saturated carbocycles. The zero-order valence-corrected chi connectivity index (χ0v) is 14.8. The van der Waals surface area contributed by atoms with Crippen molar-refractivity contribution in [3.63, 3.8) is 0 Å². The average Bonchev–Trinajstić information content (AvgIpc) is 2.94. The van der Waals surface area contributed by atoms with E-state index in [2.05, 4.69) is 5.16 Å². The van der Waals surface area contributed by atoms with Crippen molar-refractivity contribution in [2.45, 2.75) is 20.3 Å². The number of carbonyl (C=O) groups is 1. The number of aryl methyl sites for hydroxylation is 1. The molecule has 0 spiro atoms. The van der Waals surface area contributed by atoms with Crippen molar-refractivity contribution in [1.82, 2.24) is 5.16 Å². The maximum absolute atomic E-state index is 12.5. The van der Waals surface area contributed by atoms with Crippen molar-refractivity contribution < 1.29 is 17.7 Å². The second-order valence-corrected chi connectivity index (χ2v) is 7.26. The Hall–Kier alpha value is -2.35. The largest absolute Gasteiger partial charge is 0.360 e. The van der Waals surface area contributed by atoms with E-state index in [9.17, 15) is 13.2 Å². The van der Waals surface area contributed by atoms with E-state index in [0.717, 1.165) is 16.2 Å². The van der Waals surface area contributed by atoms with E-state index in [0.29, 0.717) is 12.3 Å². The lowest BCUT2D eigenvalue weighted by Gasteiger charge is -2.23. The molecule has 0 radical (unpaired) electrons. The monoisotopic (exact) mass is 351 g/mol. The van der Waals surface area contributed by atoms with Gasteiger partial charge < -0.3 is 9.42 Å². The molecule has 2 rings (SSSR count). The molecule has 0 fully saturated rings. The number of aromatic nitrogens is 1. The van der Waals surface area contributed by atoms with Crippen LogP contribution in [0.1, 0.15) is 19.1 Å². The fourth-order valence-electron chi connectivity index (χ4n) is 2.36. The fourth-order valence-corrected chi connectivity index (χ4v) is 3.21. The maximum Gasteiger partial charge on any atom is 0.233 e. The molecule has 8 heteroatoms. The fraction of sp³-hybridized carbons (Fsp3) is 0.375. The molecular weight excluding hydrogens is 330 g/mol. The van der Waals surface area contributed by atoms with E-state index in [-0.39, 0.29) is 24.7 Å². The van der Waals surface area contributed by atoms with Gasteiger partial charge in [-0.15, -0.1) is 0 Å². The summed E-state index contributed by atoms with van der Waals surface area (Å²) in [6, 6.07) is 10.8. The topological polar surface area (TPSA) is 83.7 Å². The highest BCUT2D eigenvalue weighted by atomic mass is 32.2. The summed E-state index contributed by atoms with van der Waals surface area (Å²) in [6.07, 6.45) is 1.12. The lowest BCUT2D eigenvalue weighted by atomic mass is 10.2. The highest BCUT2D eigenvalue weighted by Gasteiger charge is 2.23. The van der Waals surface area contributed by atoms with Gasteiger partial charge in [-0.3, -0.25) is 9.10 Å². The number of benzene rings is 1.